The van der Waals surface area contributed by atoms with Crippen molar-refractivity contribution < 1.29 is 14.4 Å². The second-order valence-electron chi connectivity index (χ2n) is 7.77. The third-order valence-corrected chi connectivity index (χ3v) is 5.72. The second kappa shape index (κ2) is 7.66. The van der Waals surface area contributed by atoms with Gasteiger partial charge in [0.25, 0.3) is 11.8 Å². The second-order valence-corrected chi connectivity index (χ2v) is 7.77. The summed E-state index contributed by atoms with van der Waals surface area (Å²) in [5.74, 6) is 0.319. The third kappa shape index (κ3) is 3.60. The first-order chi connectivity index (χ1) is 14.0. The summed E-state index contributed by atoms with van der Waals surface area (Å²) in [6.07, 6.45) is 3.91. The van der Waals surface area contributed by atoms with Gasteiger partial charge in [0.1, 0.15) is 11.9 Å². The summed E-state index contributed by atoms with van der Waals surface area (Å²) < 4.78 is 0. The van der Waals surface area contributed by atoms with E-state index in [1.807, 2.05) is 6.07 Å². The Labute approximate surface area is 169 Å². The number of piperidine rings is 1. The van der Waals surface area contributed by atoms with Crippen LogP contribution >= 0.6 is 0 Å². The molecular formula is C22H24N4O3. The Hall–Kier alpha value is -3.22. The SMILES string of the molecule is CC1CCN(c2ccc(NC(=O)C(C)N3C(=O)c4ccccc4C3=O)cn2)CC1. The van der Waals surface area contributed by atoms with E-state index in [0.717, 1.165) is 42.6 Å². The van der Waals surface area contributed by atoms with Gasteiger partial charge in [-0.1, -0.05) is 19.1 Å². The Bertz CT molecular complexity index is 914. The highest BCUT2D eigenvalue weighted by atomic mass is 16.2. The molecular weight excluding hydrogens is 368 g/mol. The Morgan fingerprint density at radius 1 is 1.07 bits per heavy atom. The molecule has 0 bridgehead atoms. The number of pyridine rings is 1. The van der Waals surface area contributed by atoms with Crippen molar-refractivity contribution >= 4 is 29.2 Å². The van der Waals surface area contributed by atoms with Gasteiger partial charge < -0.3 is 10.2 Å². The lowest BCUT2D eigenvalue weighted by atomic mass is 9.99. The van der Waals surface area contributed by atoms with Crippen LogP contribution < -0.4 is 10.2 Å². The normalized spacial score (nSPS) is 18.0. The molecule has 3 amide bonds. The summed E-state index contributed by atoms with van der Waals surface area (Å²) in [6.45, 7) is 5.78. The molecule has 0 saturated carbocycles. The first-order valence-corrected chi connectivity index (χ1v) is 9.94. The Balaban J connectivity index is 1.42. The van der Waals surface area contributed by atoms with Gasteiger partial charge in [-0.3, -0.25) is 19.3 Å². The molecule has 4 rings (SSSR count). The lowest BCUT2D eigenvalue weighted by molar-refractivity contribution is -0.119. The van der Waals surface area contributed by atoms with Crippen molar-refractivity contribution in [1.82, 2.24) is 9.88 Å². The molecule has 1 atom stereocenters. The van der Waals surface area contributed by atoms with Gasteiger partial charge in [-0.25, -0.2) is 4.98 Å². The van der Waals surface area contributed by atoms with Crippen LogP contribution in [0.15, 0.2) is 42.6 Å². The van der Waals surface area contributed by atoms with Crippen molar-refractivity contribution in [3.63, 3.8) is 0 Å². The van der Waals surface area contributed by atoms with Crippen molar-refractivity contribution in [1.29, 1.82) is 0 Å². The molecule has 1 aromatic heterocycles. The molecule has 150 valence electrons. The molecule has 0 spiro atoms. The molecule has 1 unspecified atom stereocenters. The maximum absolute atomic E-state index is 12.7. The number of anilines is 2. The lowest BCUT2D eigenvalue weighted by Crippen LogP contribution is -2.45. The molecule has 1 aromatic carbocycles. The molecule has 7 heteroatoms. The molecule has 1 fully saturated rings. The van der Waals surface area contributed by atoms with Gasteiger partial charge in [0.05, 0.1) is 23.0 Å². The van der Waals surface area contributed by atoms with Crippen molar-refractivity contribution in [2.75, 3.05) is 23.3 Å². The van der Waals surface area contributed by atoms with E-state index < -0.39 is 23.8 Å². The minimum atomic E-state index is -0.925. The summed E-state index contributed by atoms with van der Waals surface area (Å²) >= 11 is 0. The van der Waals surface area contributed by atoms with Gasteiger partial charge >= 0.3 is 0 Å². The predicted molar refractivity (Wildman–Crippen MR) is 110 cm³/mol. The van der Waals surface area contributed by atoms with Gasteiger partial charge in [-0.05, 0) is 49.9 Å². The fraction of sp³-hybridized carbons (Fsp3) is 0.364. The van der Waals surface area contributed by atoms with Crippen LogP contribution in [-0.4, -0.2) is 46.7 Å². The monoisotopic (exact) mass is 392 g/mol. The summed E-state index contributed by atoms with van der Waals surface area (Å²) in [5, 5.41) is 2.76. The molecule has 1 saturated heterocycles. The van der Waals surface area contributed by atoms with Crippen molar-refractivity contribution in [3.05, 3.63) is 53.7 Å². The van der Waals surface area contributed by atoms with E-state index in [1.54, 1.807) is 43.5 Å². The maximum atomic E-state index is 12.7. The fourth-order valence-corrected chi connectivity index (χ4v) is 3.81. The van der Waals surface area contributed by atoms with E-state index in [2.05, 4.69) is 22.1 Å². The Kier molecular flexibility index (Phi) is 5.05. The highest BCUT2D eigenvalue weighted by molar-refractivity contribution is 6.23. The smallest absolute Gasteiger partial charge is 0.262 e. The molecule has 1 N–H and O–H groups in total. The summed E-state index contributed by atoms with van der Waals surface area (Å²) in [5.41, 5.74) is 1.20. The number of carbonyl (C=O) groups is 3. The number of benzene rings is 1. The number of nitrogens with one attached hydrogen (secondary N) is 1. The number of amides is 3. The summed E-state index contributed by atoms with van der Waals surface area (Å²) in [6, 6.07) is 9.37. The summed E-state index contributed by atoms with van der Waals surface area (Å²) in [7, 11) is 0. The van der Waals surface area contributed by atoms with E-state index in [0.29, 0.717) is 16.8 Å². The molecule has 7 nitrogen and oxygen atoms in total. The highest BCUT2D eigenvalue weighted by Crippen LogP contribution is 2.25. The van der Waals surface area contributed by atoms with Crippen molar-refractivity contribution in [2.24, 2.45) is 5.92 Å². The van der Waals surface area contributed by atoms with Crippen LogP contribution in [-0.2, 0) is 4.79 Å². The molecule has 2 aromatic rings. The van der Waals surface area contributed by atoms with Crippen LogP contribution in [0.25, 0.3) is 0 Å². The minimum absolute atomic E-state index is 0.332. The van der Waals surface area contributed by atoms with E-state index in [-0.39, 0.29) is 0 Å². The van der Waals surface area contributed by atoms with E-state index >= 15 is 0 Å². The first kappa shape index (κ1) is 19.1. The van der Waals surface area contributed by atoms with Crippen LogP contribution in [0.2, 0.25) is 0 Å². The van der Waals surface area contributed by atoms with Crippen LogP contribution in [0.5, 0.6) is 0 Å². The molecule has 29 heavy (non-hydrogen) atoms. The van der Waals surface area contributed by atoms with Gasteiger partial charge in [0.2, 0.25) is 5.91 Å². The molecule has 2 aliphatic heterocycles. The van der Waals surface area contributed by atoms with Crippen LogP contribution in [0.1, 0.15) is 47.4 Å². The topological polar surface area (TPSA) is 82.6 Å². The number of hydrogen-bond acceptors (Lipinski definition) is 5. The van der Waals surface area contributed by atoms with E-state index in [1.165, 1.54) is 0 Å². The minimum Gasteiger partial charge on any atom is -0.357 e. The first-order valence-electron chi connectivity index (χ1n) is 9.94. The number of aromatic nitrogens is 1. The molecule has 0 aliphatic carbocycles. The number of fused-ring (bicyclic) bond motifs is 1. The number of hydrogen-bond donors (Lipinski definition) is 1. The number of imide groups is 1. The van der Waals surface area contributed by atoms with Gasteiger partial charge in [-0.15, -0.1) is 0 Å². The Morgan fingerprint density at radius 3 is 2.24 bits per heavy atom. The molecule has 0 radical (unpaired) electrons. The lowest BCUT2D eigenvalue weighted by Gasteiger charge is -2.31. The van der Waals surface area contributed by atoms with Gasteiger partial charge in [-0.2, -0.15) is 0 Å². The quantitative estimate of drug-likeness (QED) is 0.809. The van der Waals surface area contributed by atoms with Gasteiger partial charge in [0, 0.05) is 13.1 Å². The highest BCUT2D eigenvalue weighted by Gasteiger charge is 2.40. The van der Waals surface area contributed by atoms with Gasteiger partial charge in [0.15, 0.2) is 0 Å². The van der Waals surface area contributed by atoms with E-state index in [9.17, 15) is 14.4 Å². The van der Waals surface area contributed by atoms with E-state index in [4.69, 9.17) is 0 Å². The Morgan fingerprint density at radius 2 is 1.69 bits per heavy atom. The predicted octanol–water partition coefficient (Wildman–Crippen LogP) is 2.94. The zero-order valence-corrected chi connectivity index (χ0v) is 16.6. The average Bonchev–Trinajstić information content (AvgIpc) is 2.99. The third-order valence-electron chi connectivity index (χ3n) is 5.72. The van der Waals surface area contributed by atoms with Crippen molar-refractivity contribution in [2.45, 2.75) is 32.7 Å². The largest absolute Gasteiger partial charge is 0.357 e. The van der Waals surface area contributed by atoms with Crippen LogP contribution in [0, 0.1) is 5.92 Å². The number of rotatable bonds is 4. The standard InChI is InChI=1S/C22H24N4O3/c1-14-9-11-25(12-10-14)19-8-7-16(13-23-19)24-20(27)15(2)26-21(28)17-5-3-4-6-18(17)22(26)29/h3-8,13-15H,9-12H2,1-2H3,(H,24,27). The fourth-order valence-electron chi connectivity index (χ4n) is 3.81. The number of nitrogens with zero attached hydrogens (tertiary/aromatic N) is 3. The average molecular weight is 392 g/mol. The molecule has 3 heterocycles. The zero-order chi connectivity index (χ0) is 20.5. The zero-order valence-electron chi connectivity index (χ0n) is 16.6. The summed E-state index contributed by atoms with van der Waals surface area (Å²) in [4.78, 5) is 45.5. The number of carbonyl (C=O) groups excluding carboxylic acids is 3. The molecule has 2 aliphatic rings. The maximum Gasteiger partial charge on any atom is 0.262 e. The van der Waals surface area contributed by atoms with Crippen LogP contribution in [0.4, 0.5) is 11.5 Å². The van der Waals surface area contributed by atoms with Crippen molar-refractivity contribution in [3.8, 4) is 0 Å². The van der Waals surface area contributed by atoms with Crippen LogP contribution in [0.3, 0.4) is 0 Å².